The van der Waals surface area contributed by atoms with Crippen LogP contribution in [0.4, 0.5) is 0 Å². The van der Waals surface area contributed by atoms with Crippen LogP contribution in [0.15, 0.2) is 59.5 Å². The van der Waals surface area contributed by atoms with Gasteiger partial charge in [0.15, 0.2) is 0 Å². The van der Waals surface area contributed by atoms with Crippen molar-refractivity contribution < 1.29 is 22.7 Å². The number of benzene rings is 2. The molecule has 0 aromatic heterocycles. The van der Waals surface area contributed by atoms with E-state index in [1.54, 1.807) is 61.7 Å². The molecular formula is C22H30N2O5S. The fourth-order valence-electron chi connectivity index (χ4n) is 3.00. The lowest BCUT2D eigenvalue weighted by molar-refractivity contribution is -0.122. The Morgan fingerprint density at radius 2 is 1.77 bits per heavy atom. The van der Waals surface area contributed by atoms with Crippen LogP contribution in [0.5, 0.6) is 5.75 Å². The van der Waals surface area contributed by atoms with Gasteiger partial charge in [-0.3, -0.25) is 4.79 Å². The first-order chi connectivity index (χ1) is 14.4. The number of ether oxygens (including phenoxy) is 2. The number of sulfonamides is 1. The summed E-state index contributed by atoms with van der Waals surface area (Å²) in [6, 6.07) is 14.6. The smallest absolute Gasteiger partial charge is 0.243 e. The lowest BCUT2D eigenvalue weighted by Gasteiger charge is -2.28. The fourth-order valence-corrected chi connectivity index (χ4v) is 4.37. The molecule has 0 spiro atoms. The molecule has 164 valence electrons. The van der Waals surface area contributed by atoms with E-state index in [1.165, 1.54) is 11.4 Å². The highest BCUT2D eigenvalue weighted by Gasteiger charge is 2.30. The minimum absolute atomic E-state index is 0.00350. The number of amides is 1. The van der Waals surface area contributed by atoms with Crippen LogP contribution in [-0.2, 0) is 19.6 Å². The average Bonchev–Trinajstić information content (AvgIpc) is 2.77. The fraction of sp³-hybridized carbons (Fsp3) is 0.409. The summed E-state index contributed by atoms with van der Waals surface area (Å²) in [6.07, 6.45) is 0.703. The van der Waals surface area contributed by atoms with E-state index < -0.39 is 16.1 Å². The topological polar surface area (TPSA) is 84.9 Å². The number of carbonyl (C=O) groups is 1. The van der Waals surface area contributed by atoms with Crippen molar-refractivity contribution in [1.82, 2.24) is 9.62 Å². The number of rotatable bonds is 12. The third-order valence-electron chi connectivity index (χ3n) is 4.73. The molecule has 1 amide bonds. The van der Waals surface area contributed by atoms with E-state index in [4.69, 9.17) is 9.47 Å². The monoisotopic (exact) mass is 434 g/mol. The highest BCUT2D eigenvalue weighted by molar-refractivity contribution is 7.89. The van der Waals surface area contributed by atoms with Gasteiger partial charge in [-0.2, -0.15) is 4.31 Å². The minimum atomic E-state index is -3.78. The van der Waals surface area contributed by atoms with Crippen LogP contribution < -0.4 is 10.1 Å². The van der Waals surface area contributed by atoms with Gasteiger partial charge < -0.3 is 14.8 Å². The third kappa shape index (κ3) is 6.55. The van der Waals surface area contributed by atoms with Gasteiger partial charge in [0.2, 0.25) is 15.9 Å². The Hall–Kier alpha value is -2.42. The van der Waals surface area contributed by atoms with Crippen LogP contribution in [0.25, 0.3) is 0 Å². The molecule has 1 atom stereocenters. The highest BCUT2D eigenvalue weighted by Crippen LogP contribution is 2.30. The SMILES string of the molecule is CCOCCCNC(=O)C[C@H](c1ccc(OC)cc1)N(C)S(=O)(=O)c1ccccc1. The van der Waals surface area contributed by atoms with E-state index >= 15 is 0 Å². The first-order valence-corrected chi connectivity index (χ1v) is 11.4. The van der Waals surface area contributed by atoms with Crippen LogP contribution >= 0.6 is 0 Å². The van der Waals surface area contributed by atoms with Gasteiger partial charge in [0, 0.05) is 33.2 Å². The Morgan fingerprint density at radius 1 is 1.10 bits per heavy atom. The van der Waals surface area contributed by atoms with E-state index in [2.05, 4.69) is 5.32 Å². The largest absolute Gasteiger partial charge is 0.497 e. The summed E-state index contributed by atoms with van der Waals surface area (Å²) in [5.41, 5.74) is 0.710. The molecule has 0 radical (unpaired) electrons. The van der Waals surface area contributed by atoms with Crippen LogP contribution in [0.2, 0.25) is 0 Å². The van der Waals surface area contributed by atoms with Gasteiger partial charge >= 0.3 is 0 Å². The second-order valence-corrected chi connectivity index (χ2v) is 8.73. The Kier molecular flexibility index (Phi) is 9.29. The minimum Gasteiger partial charge on any atom is -0.497 e. The lowest BCUT2D eigenvalue weighted by Crippen LogP contribution is -2.35. The summed E-state index contributed by atoms with van der Waals surface area (Å²) < 4.78 is 38.0. The number of nitrogens with one attached hydrogen (secondary N) is 1. The Labute approximate surface area is 179 Å². The van der Waals surface area contributed by atoms with Gasteiger partial charge in [0.05, 0.1) is 18.0 Å². The molecule has 30 heavy (non-hydrogen) atoms. The van der Waals surface area contributed by atoms with Gasteiger partial charge in [-0.05, 0) is 43.2 Å². The molecule has 7 nitrogen and oxygen atoms in total. The molecule has 0 aliphatic carbocycles. The molecule has 0 heterocycles. The molecule has 2 aromatic rings. The van der Waals surface area contributed by atoms with Crippen LogP contribution in [0.3, 0.4) is 0 Å². The predicted molar refractivity (Wildman–Crippen MR) is 116 cm³/mol. The van der Waals surface area contributed by atoms with Crippen molar-refractivity contribution in [2.24, 2.45) is 0 Å². The summed E-state index contributed by atoms with van der Waals surface area (Å²) in [5.74, 6) is 0.439. The standard InChI is InChI=1S/C22H30N2O5S/c1-4-29-16-8-15-23-22(25)17-21(18-11-13-19(28-3)14-12-18)24(2)30(26,27)20-9-6-5-7-10-20/h5-7,9-14,21H,4,8,15-17H2,1-3H3,(H,23,25)/t21-/m1/s1. The van der Waals surface area contributed by atoms with Crippen LogP contribution in [0.1, 0.15) is 31.4 Å². The number of nitrogens with zero attached hydrogens (tertiary/aromatic N) is 1. The normalized spacial score (nSPS) is 12.5. The molecule has 0 unspecified atom stereocenters. The molecule has 2 aromatic carbocycles. The maximum absolute atomic E-state index is 13.1. The average molecular weight is 435 g/mol. The van der Waals surface area contributed by atoms with Crippen molar-refractivity contribution in [3.63, 3.8) is 0 Å². The lowest BCUT2D eigenvalue weighted by atomic mass is 10.0. The summed E-state index contributed by atoms with van der Waals surface area (Å²) in [5, 5.41) is 2.85. The predicted octanol–water partition coefficient (Wildman–Crippen LogP) is 2.99. The third-order valence-corrected chi connectivity index (χ3v) is 6.61. The van der Waals surface area contributed by atoms with Crippen molar-refractivity contribution >= 4 is 15.9 Å². The molecule has 0 saturated heterocycles. The molecule has 8 heteroatoms. The van der Waals surface area contributed by atoms with Crippen molar-refractivity contribution in [3.8, 4) is 5.75 Å². The Morgan fingerprint density at radius 3 is 2.37 bits per heavy atom. The molecule has 0 aliphatic rings. The summed E-state index contributed by atoms with van der Waals surface area (Å²) in [4.78, 5) is 12.7. The molecular weight excluding hydrogens is 404 g/mol. The Balaban J connectivity index is 2.21. The van der Waals surface area contributed by atoms with Crippen molar-refractivity contribution in [3.05, 3.63) is 60.2 Å². The first-order valence-electron chi connectivity index (χ1n) is 9.91. The number of carbonyl (C=O) groups excluding carboxylic acids is 1. The van der Waals surface area contributed by atoms with Gasteiger partial charge in [-0.15, -0.1) is 0 Å². The summed E-state index contributed by atoms with van der Waals surface area (Å²) in [6.45, 7) is 3.60. The zero-order valence-electron chi connectivity index (χ0n) is 17.7. The van der Waals surface area contributed by atoms with E-state index in [1.807, 2.05) is 6.92 Å². The van der Waals surface area contributed by atoms with Crippen LogP contribution in [-0.4, -0.2) is 52.5 Å². The Bertz CT molecular complexity index is 886. The highest BCUT2D eigenvalue weighted by atomic mass is 32.2. The molecule has 0 bridgehead atoms. The van der Waals surface area contributed by atoms with E-state index in [0.29, 0.717) is 37.5 Å². The molecule has 0 saturated carbocycles. The van der Waals surface area contributed by atoms with Gasteiger partial charge in [-0.25, -0.2) is 8.42 Å². The molecule has 0 aliphatic heterocycles. The van der Waals surface area contributed by atoms with Gasteiger partial charge in [0.1, 0.15) is 5.75 Å². The van der Waals surface area contributed by atoms with E-state index in [0.717, 1.165) is 0 Å². The summed E-state index contributed by atoms with van der Waals surface area (Å²) >= 11 is 0. The number of hydrogen-bond acceptors (Lipinski definition) is 5. The molecule has 1 N–H and O–H groups in total. The van der Waals surface area contributed by atoms with Crippen molar-refractivity contribution in [1.29, 1.82) is 0 Å². The summed E-state index contributed by atoms with van der Waals surface area (Å²) in [7, 11) is -0.715. The van der Waals surface area contributed by atoms with Gasteiger partial charge in [0.25, 0.3) is 0 Å². The maximum atomic E-state index is 13.1. The second kappa shape index (κ2) is 11.7. The van der Waals surface area contributed by atoms with Crippen molar-refractivity contribution in [2.45, 2.75) is 30.7 Å². The van der Waals surface area contributed by atoms with E-state index in [-0.39, 0.29) is 17.2 Å². The van der Waals surface area contributed by atoms with Gasteiger partial charge in [-0.1, -0.05) is 30.3 Å². The second-order valence-electron chi connectivity index (χ2n) is 6.73. The maximum Gasteiger partial charge on any atom is 0.243 e. The zero-order chi connectivity index (χ0) is 22.0. The number of methoxy groups -OCH3 is 1. The zero-order valence-corrected chi connectivity index (χ0v) is 18.5. The van der Waals surface area contributed by atoms with E-state index in [9.17, 15) is 13.2 Å². The molecule has 2 rings (SSSR count). The quantitative estimate of drug-likeness (QED) is 0.519. The number of hydrogen-bond donors (Lipinski definition) is 1. The van der Waals surface area contributed by atoms with Crippen LogP contribution in [0, 0.1) is 0 Å². The molecule has 0 fully saturated rings. The first kappa shape index (κ1) is 23.9. The van der Waals surface area contributed by atoms with Crippen molar-refractivity contribution in [2.75, 3.05) is 33.9 Å².